The molecule has 3 nitrogen and oxygen atoms in total. The molecule has 0 amide bonds. The van der Waals surface area contributed by atoms with Crippen molar-refractivity contribution in [3.05, 3.63) is 0 Å². The van der Waals surface area contributed by atoms with Crippen molar-refractivity contribution in [2.24, 2.45) is 0 Å². The standard InChI is InChI=1S/3O.Y/q3*-2;+3. The fourth-order valence-corrected chi connectivity index (χ4v) is 0. The van der Waals surface area contributed by atoms with Gasteiger partial charge < -0.3 is 16.4 Å². The maximum atomic E-state index is 0. The molecule has 0 fully saturated rings. The van der Waals surface area contributed by atoms with Crippen LogP contribution in [0.25, 0.3) is 0 Å². The average Bonchev–Trinajstić information content (AvgIpc) is 0. The van der Waals surface area contributed by atoms with Crippen LogP contribution < -0.4 is 0 Å². The zero-order valence-corrected chi connectivity index (χ0v) is 4.64. The molecule has 0 unspecified atom stereocenters. The van der Waals surface area contributed by atoms with Crippen molar-refractivity contribution in [2.75, 3.05) is 0 Å². The summed E-state index contributed by atoms with van der Waals surface area (Å²) in [6, 6.07) is 0. The zero-order valence-electron chi connectivity index (χ0n) is 1.80. The summed E-state index contributed by atoms with van der Waals surface area (Å²) in [4.78, 5) is 0. The quantitative estimate of drug-likeness (QED) is 0.436. The van der Waals surface area contributed by atoms with E-state index >= 15 is 0 Å². The van der Waals surface area contributed by atoms with E-state index in [0.717, 1.165) is 0 Å². The maximum absolute atomic E-state index is 0. The normalized spacial score (nSPS) is 0. The van der Waals surface area contributed by atoms with Crippen molar-refractivity contribution >= 4 is 0 Å². The minimum Gasteiger partial charge on any atom is -2.00 e. The van der Waals surface area contributed by atoms with E-state index in [2.05, 4.69) is 0 Å². The third-order valence-corrected chi connectivity index (χ3v) is 0. The summed E-state index contributed by atoms with van der Waals surface area (Å²) >= 11 is 0. The molecule has 24 valence electrons. The predicted molar refractivity (Wildman–Crippen MR) is 2.06 cm³/mol. The van der Waals surface area contributed by atoms with Crippen LogP contribution in [0.1, 0.15) is 0 Å². The van der Waals surface area contributed by atoms with Gasteiger partial charge >= 0.3 is 32.7 Å². The Morgan fingerprint density at radius 3 is 0.500 bits per heavy atom. The van der Waals surface area contributed by atoms with E-state index in [-0.39, 0.29) is 49.1 Å². The smallest absolute Gasteiger partial charge is 2.00 e. The maximum Gasteiger partial charge on any atom is 3.00 e. The first-order valence-electron chi connectivity index (χ1n) is 0. The average molecular weight is 137 g/mol. The van der Waals surface area contributed by atoms with Crippen LogP contribution in [0.2, 0.25) is 0 Å². The summed E-state index contributed by atoms with van der Waals surface area (Å²) in [5, 5.41) is 0. The zero-order chi connectivity index (χ0) is 0. The van der Waals surface area contributed by atoms with E-state index in [0.29, 0.717) is 0 Å². The molecule has 0 aliphatic heterocycles. The van der Waals surface area contributed by atoms with Crippen molar-refractivity contribution in [3.8, 4) is 0 Å². The molecule has 0 saturated heterocycles. The van der Waals surface area contributed by atoms with Gasteiger partial charge in [-0.3, -0.25) is 0 Å². The van der Waals surface area contributed by atoms with E-state index in [1.54, 1.807) is 0 Å². The molecule has 0 aromatic carbocycles. The van der Waals surface area contributed by atoms with Crippen molar-refractivity contribution in [1.82, 2.24) is 0 Å². The van der Waals surface area contributed by atoms with Gasteiger partial charge in [-0.2, -0.15) is 0 Å². The van der Waals surface area contributed by atoms with Crippen molar-refractivity contribution in [3.63, 3.8) is 0 Å². The van der Waals surface area contributed by atoms with Crippen LogP contribution in [-0.4, -0.2) is 0 Å². The molecule has 0 aliphatic rings. The Labute approximate surface area is 49.2 Å². The Kier molecular flexibility index (Phi) is 749. The summed E-state index contributed by atoms with van der Waals surface area (Å²) in [6.07, 6.45) is 0. The molecule has 0 N–H and O–H groups in total. The Hall–Kier alpha value is 0.984. The molecule has 0 saturated carbocycles. The third-order valence-electron chi connectivity index (χ3n) is 0. The van der Waals surface area contributed by atoms with Crippen LogP contribution in [0.3, 0.4) is 0 Å². The number of hydrogen-bond acceptors (Lipinski definition) is 0. The Morgan fingerprint density at radius 1 is 0.500 bits per heavy atom. The molecule has 4 heteroatoms. The van der Waals surface area contributed by atoms with Crippen molar-refractivity contribution in [1.29, 1.82) is 0 Å². The first-order chi connectivity index (χ1) is 0. The van der Waals surface area contributed by atoms with Gasteiger partial charge in [-0.25, -0.2) is 0 Å². The molecular formula is O3Y-3. The largest absolute Gasteiger partial charge is 3.00 e. The monoisotopic (exact) mass is 137 g/mol. The molecule has 4 heavy (non-hydrogen) atoms. The number of rotatable bonds is 0. The fourth-order valence-electron chi connectivity index (χ4n) is 0. The van der Waals surface area contributed by atoms with Gasteiger partial charge in [0.2, 0.25) is 0 Å². The van der Waals surface area contributed by atoms with Gasteiger partial charge in [-0.05, 0) is 0 Å². The topological polar surface area (TPSA) is 85.5 Å². The van der Waals surface area contributed by atoms with E-state index in [9.17, 15) is 0 Å². The summed E-state index contributed by atoms with van der Waals surface area (Å²) in [5.74, 6) is 0. The van der Waals surface area contributed by atoms with Gasteiger partial charge in [0.05, 0.1) is 0 Å². The van der Waals surface area contributed by atoms with Gasteiger partial charge in [0, 0.05) is 0 Å². The molecular weight excluding hydrogens is 137 g/mol. The molecule has 0 heterocycles. The van der Waals surface area contributed by atoms with Crippen LogP contribution in [0.5, 0.6) is 0 Å². The molecule has 0 atom stereocenters. The van der Waals surface area contributed by atoms with E-state index in [1.807, 2.05) is 0 Å². The minimum absolute atomic E-state index is 0. The molecule has 0 bridgehead atoms. The van der Waals surface area contributed by atoms with Crippen LogP contribution in [0.15, 0.2) is 0 Å². The first kappa shape index (κ1) is 81.7. The molecule has 0 rings (SSSR count). The minimum atomic E-state index is 0. The van der Waals surface area contributed by atoms with Gasteiger partial charge in [0.1, 0.15) is 0 Å². The number of hydrogen-bond donors (Lipinski definition) is 0. The van der Waals surface area contributed by atoms with Gasteiger partial charge in [-0.1, -0.05) is 0 Å². The summed E-state index contributed by atoms with van der Waals surface area (Å²) < 4.78 is 0. The van der Waals surface area contributed by atoms with Gasteiger partial charge in [-0.15, -0.1) is 0 Å². The third kappa shape index (κ3) is 12.1. The van der Waals surface area contributed by atoms with Crippen LogP contribution in [-0.2, 0) is 49.1 Å². The van der Waals surface area contributed by atoms with Crippen LogP contribution >= 0.6 is 0 Å². The van der Waals surface area contributed by atoms with Crippen molar-refractivity contribution in [2.45, 2.75) is 0 Å². The Bertz CT molecular complexity index is 3.25. The van der Waals surface area contributed by atoms with Gasteiger partial charge in [0.15, 0.2) is 0 Å². The summed E-state index contributed by atoms with van der Waals surface area (Å²) in [7, 11) is 0. The fraction of sp³-hybridized carbons (Fsp3) is 0. The molecule has 0 radical (unpaired) electrons. The second-order valence-electron chi connectivity index (χ2n) is 0. The first-order valence-corrected chi connectivity index (χ1v) is 0. The van der Waals surface area contributed by atoms with Crippen LogP contribution in [0, 0.1) is 0 Å². The van der Waals surface area contributed by atoms with E-state index in [1.165, 1.54) is 0 Å². The predicted octanol–water partition coefficient (Wildman–Crippen LogP) is -0.359. The van der Waals surface area contributed by atoms with Crippen LogP contribution in [0.4, 0.5) is 0 Å². The second kappa shape index (κ2) is 36.6. The Morgan fingerprint density at radius 2 is 0.500 bits per heavy atom. The van der Waals surface area contributed by atoms with Crippen molar-refractivity contribution < 1.29 is 49.1 Å². The summed E-state index contributed by atoms with van der Waals surface area (Å²) in [6.45, 7) is 0. The second-order valence-corrected chi connectivity index (χ2v) is 0. The Balaban J connectivity index is 0. The molecule has 0 spiro atoms. The van der Waals surface area contributed by atoms with Gasteiger partial charge in [0.25, 0.3) is 0 Å². The molecule has 0 aromatic heterocycles. The van der Waals surface area contributed by atoms with E-state index < -0.39 is 0 Å². The molecule has 0 aliphatic carbocycles. The SMILES string of the molecule is [O-2].[O-2].[O-2].[Y+3]. The summed E-state index contributed by atoms with van der Waals surface area (Å²) in [5.41, 5.74) is 0. The van der Waals surface area contributed by atoms with E-state index in [4.69, 9.17) is 0 Å². The molecule has 0 aromatic rings.